The summed E-state index contributed by atoms with van der Waals surface area (Å²) in [5.74, 6) is -0.335. The van der Waals surface area contributed by atoms with Gasteiger partial charge in [-0.15, -0.1) is 11.3 Å². The largest absolute Gasteiger partial charge is 0.507 e. The Hall–Kier alpha value is -3.17. The van der Waals surface area contributed by atoms with Gasteiger partial charge in [-0.3, -0.25) is 9.52 Å². The minimum Gasteiger partial charge on any atom is -0.507 e. The molecule has 27 heavy (non-hydrogen) atoms. The number of benzene rings is 2. The van der Waals surface area contributed by atoms with Crippen molar-refractivity contribution in [2.75, 3.05) is 10.0 Å². The van der Waals surface area contributed by atoms with Gasteiger partial charge in [0.15, 0.2) is 5.13 Å². The number of rotatable bonds is 6. The maximum absolute atomic E-state index is 12.3. The Kier molecular flexibility index (Phi) is 5.53. The van der Waals surface area contributed by atoms with Crippen molar-refractivity contribution in [3.8, 4) is 5.75 Å². The molecule has 0 spiro atoms. The first-order valence-electron chi connectivity index (χ1n) is 7.73. The molecule has 3 aromatic rings. The van der Waals surface area contributed by atoms with Crippen molar-refractivity contribution >= 4 is 44.2 Å². The number of hydrogen-bond acceptors (Lipinski definition) is 6. The standard InChI is InChI=1S/C18H15N3O4S2/c22-16-4-2-1-3-13(16)5-10-17(23)20-14-6-8-15(9-7-14)27(24,25)21-18-19-11-12-26-18/h1-12,22H,(H,19,21)(H,20,23)/b10-5+. The van der Waals surface area contributed by atoms with Gasteiger partial charge in [-0.05, 0) is 36.4 Å². The molecular formula is C18H15N3O4S2. The molecule has 7 nitrogen and oxygen atoms in total. The number of carbonyl (C=O) groups is 1. The highest BCUT2D eigenvalue weighted by atomic mass is 32.2. The number of carbonyl (C=O) groups excluding carboxylic acids is 1. The molecule has 3 N–H and O–H groups in total. The summed E-state index contributed by atoms with van der Waals surface area (Å²) in [6, 6.07) is 12.4. The van der Waals surface area contributed by atoms with Crippen LogP contribution in [0, 0.1) is 0 Å². The van der Waals surface area contributed by atoms with Gasteiger partial charge in [-0.25, -0.2) is 13.4 Å². The Balaban J connectivity index is 1.65. The quantitative estimate of drug-likeness (QED) is 0.549. The lowest BCUT2D eigenvalue weighted by molar-refractivity contribution is -0.111. The molecule has 9 heteroatoms. The zero-order valence-electron chi connectivity index (χ0n) is 13.9. The molecule has 0 aliphatic rings. The lowest BCUT2D eigenvalue weighted by Crippen LogP contribution is -2.13. The molecule has 0 fully saturated rings. The Labute approximate surface area is 160 Å². The van der Waals surface area contributed by atoms with E-state index in [2.05, 4.69) is 15.0 Å². The fourth-order valence-electron chi connectivity index (χ4n) is 2.14. The van der Waals surface area contributed by atoms with E-state index in [4.69, 9.17) is 0 Å². The number of anilines is 2. The first kappa shape index (κ1) is 18.6. The minimum absolute atomic E-state index is 0.0560. The third-order valence-corrected chi connectivity index (χ3v) is 5.61. The molecule has 1 amide bonds. The van der Waals surface area contributed by atoms with Crippen LogP contribution in [0.5, 0.6) is 5.75 Å². The monoisotopic (exact) mass is 401 g/mol. The molecule has 3 rings (SSSR count). The van der Waals surface area contributed by atoms with Crippen LogP contribution >= 0.6 is 11.3 Å². The molecule has 0 bridgehead atoms. The van der Waals surface area contributed by atoms with Crippen LogP contribution in [0.2, 0.25) is 0 Å². The summed E-state index contributed by atoms with van der Waals surface area (Å²) >= 11 is 1.18. The molecule has 0 saturated heterocycles. The van der Waals surface area contributed by atoms with Crippen molar-refractivity contribution in [2.45, 2.75) is 4.90 Å². The Morgan fingerprint density at radius 1 is 1.11 bits per heavy atom. The van der Waals surface area contributed by atoms with Crippen LogP contribution in [-0.2, 0) is 14.8 Å². The van der Waals surface area contributed by atoms with Crippen molar-refractivity contribution in [3.05, 3.63) is 71.7 Å². The number of nitrogens with one attached hydrogen (secondary N) is 2. The molecule has 138 valence electrons. The van der Waals surface area contributed by atoms with Crippen LogP contribution in [0.25, 0.3) is 6.08 Å². The minimum atomic E-state index is -3.74. The smallest absolute Gasteiger partial charge is 0.263 e. The summed E-state index contributed by atoms with van der Waals surface area (Å²) in [5.41, 5.74) is 0.956. The predicted molar refractivity (Wildman–Crippen MR) is 105 cm³/mol. The highest BCUT2D eigenvalue weighted by molar-refractivity contribution is 7.93. The fraction of sp³-hybridized carbons (Fsp3) is 0. The van der Waals surface area contributed by atoms with Gasteiger partial charge in [-0.1, -0.05) is 18.2 Å². The van der Waals surface area contributed by atoms with Gasteiger partial charge in [0, 0.05) is 28.9 Å². The van der Waals surface area contributed by atoms with E-state index in [9.17, 15) is 18.3 Å². The molecular weight excluding hydrogens is 386 g/mol. The molecule has 1 heterocycles. The topological polar surface area (TPSA) is 108 Å². The first-order valence-corrected chi connectivity index (χ1v) is 10.1. The summed E-state index contributed by atoms with van der Waals surface area (Å²) < 4.78 is 26.9. The predicted octanol–water partition coefficient (Wildman–Crippen LogP) is 3.30. The maximum Gasteiger partial charge on any atom is 0.263 e. The van der Waals surface area contributed by atoms with Crippen molar-refractivity contribution in [1.29, 1.82) is 0 Å². The van der Waals surface area contributed by atoms with E-state index in [0.717, 1.165) is 0 Å². The SMILES string of the molecule is O=C(/C=C/c1ccccc1O)Nc1ccc(S(=O)(=O)Nc2nccs2)cc1. The molecule has 0 radical (unpaired) electrons. The lowest BCUT2D eigenvalue weighted by atomic mass is 10.2. The Bertz CT molecular complexity index is 1060. The summed E-state index contributed by atoms with van der Waals surface area (Å²) in [6.07, 6.45) is 4.27. The van der Waals surface area contributed by atoms with Gasteiger partial charge in [-0.2, -0.15) is 0 Å². The zero-order chi connectivity index (χ0) is 19.3. The van der Waals surface area contributed by atoms with E-state index in [1.807, 2.05) is 0 Å². The number of amides is 1. The lowest BCUT2D eigenvalue weighted by Gasteiger charge is -2.07. The summed E-state index contributed by atoms with van der Waals surface area (Å²) in [5, 5.41) is 14.2. The number of aromatic nitrogens is 1. The number of para-hydroxylation sites is 1. The average molecular weight is 401 g/mol. The van der Waals surface area contributed by atoms with E-state index in [1.165, 1.54) is 60.0 Å². The highest BCUT2D eigenvalue weighted by Gasteiger charge is 2.15. The summed E-state index contributed by atoms with van der Waals surface area (Å²) in [4.78, 5) is 15.9. The van der Waals surface area contributed by atoms with Crippen molar-refractivity contribution in [2.24, 2.45) is 0 Å². The third-order valence-electron chi connectivity index (χ3n) is 3.44. The second-order valence-corrected chi connectivity index (χ2v) is 7.93. The van der Waals surface area contributed by atoms with Crippen molar-refractivity contribution < 1.29 is 18.3 Å². The second kappa shape index (κ2) is 8.02. The highest BCUT2D eigenvalue weighted by Crippen LogP contribution is 2.20. The van der Waals surface area contributed by atoms with Crippen molar-refractivity contribution in [1.82, 2.24) is 4.98 Å². The number of sulfonamides is 1. The van der Waals surface area contributed by atoms with E-state index in [1.54, 1.807) is 23.6 Å². The second-order valence-electron chi connectivity index (χ2n) is 5.35. The van der Waals surface area contributed by atoms with E-state index >= 15 is 0 Å². The maximum atomic E-state index is 12.3. The third kappa shape index (κ3) is 4.93. The van der Waals surface area contributed by atoms with E-state index in [0.29, 0.717) is 11.3 Å². The van der Waals surface area contributed by atoms with Gasteiger partial charge < -0.3 is 10.4 Å². The van der Waals surface area contributed by atoms with Gasteiger partial charge in [0.1, 0.15) is 5.75 Å². The van der Waals surface area contributed by atoms with Gasteiger partial charge in [0.05, 0.1) is 4.90 Å². The number of phenols is 1. The Morgan fingerprint density at radius 3 is 2.52 bits per heavy atom. The molecule has 0 atom stereocenters. The number of hydrogen-bond donors (Lipinski definition) is 3. The van der Waals surface area contributed by atoms with Crippen molar-refractivity contribution in [3.63, 3.8) is 0 Å². The molecule has 1 aromatic heterocycles. The normalized spacial score (nSPS) is 11.4. The first-order chi connectivity index (χ1) is 12.9. The van der Waals surface area contributed by atoms with Crippen LogP contribution in [0.1, 0.15) is 5.56 Å². The fourth-order valence-corrected chi connectivity index (χ4v) is 3.93. The average Bonchev–Trinajstić information content (AvgIpc) is 3.14. The Morgan fingerprint density at radius 2 is 1.85 bits per heavy atom. The summed E-state index contributed by atoms with van der Waals surface area (Å²) in [6.45, 7) is 0. The molecule has 2 aromatic carbocycles. The van der Waals surface area contributed by atoms with E-state index < -0.39 is 15.9 Å². The molecule has 0 unspecified atom stereocenters. The van der Waals surface area contributed by atoms with Gasteiger partial charge >= 0.3 is 0 Å². The van der Waals surface area contributed by atoms with Gasteiger partial charge in [0.2, 0.25) is 5.91 Å². The number of nitrogens with zero attached hydrogens (tertiary/aromatic N) is 1. The van der Waals surface area contributed by atoms with E-state index in [-0.39, 0.29) is 15.8 Å². The van der Waals surface area contributed by atoms with Crippen LogP contribution in [0.3, 0.4) is 0 Å². The van der Waals surface area contributed by atoms with Crippen LogP contribution in [0.15, 0.2) is 71.1 Å². The molecule has 0 aliphatic heterocycles. The molecule has 0 saturated carbocycles. The number of aromatic hydroxyl groups is 1. The van der Waals surface area contributed by atoms with Crippen LogP contribution in [-0.4, -0.2) is 24.4 Å². The number of thiazole rings is 1. The summed E-state index contributed by atoms with van der Waals surface area (Å²) in [7, 11) is -3.74. The van der Waals surface area contributed by atoms with Gasteiger partial charge in [0.25, 0.3) is 10.0 Å². The number of phenolic OH excluding ortho intramolecular Hbond substituents is 1. The zero-order valence-corrected chi connectivity index (χ0v) is 15.5. The molecule has 0 aliphatic carbocycles. The van der Waals surface area contributed by atoms with Crippen LogP contribution in [0.4, 0.5) is 10.8 Å². The van der Waals surface area contributed by atoms with Crippen LogP contribution < -0.4 is 10.0 Å².